The van der Waals surface area contributed by atoms with Gasteiger partial charge in [0.15, 0.2) is 17.5 Å². The molecule has 0 aromatic carbocycles. The number of ketones is 3. The van der Waals surface area contributed by atoms with Gasteiger partial charge >= 0.3 is 0 Å². The molecule has 3 heterocycles. The van der Waals surface area contributed by atoms with Crippen LogP contribution in [0.3, 0.4) is 0 Å². The normalized spacial score (nSPS) is 13.3. The second-order valence-electron chi connectivity index (χ2n) is 7.12. The van der Waals surface area contributed by atoms with Gasteiger partial charge in [0.1, 0.15) is 17.5 Å². The van der Waals surface area contributed by atoms with Crippen molar-refractivity contribution in [2.24, 2.45) is 0 Å². The van der Waals surface area contributed by atoms with E-state index >= 15 is 0 Å². The highest BCUT2D eigenvalue weighted by molar-refractivity contribution is 6.51. The van der Waals surface area contributed by atoms with Crippen molar-refractivity contribution < 1.29 is 14.4 Å². The Labute approximate surface area is 202 Å². The fourth-order valence-corrected chi connectivity index (χ4v) is 2.83. The number of nitrogens with zero attached hydrogens (tertiary/aromatic N) is 6. The second-order valence-corrected chi connectivity index (χ2v) is 7.12. The van der Waals surface area contributed by atoms with Crippen molar-refractivity contribution >= 4 is 52.3 Å². The molecule has 0 unspecified atom stereocenters. The van der Waals surface area contributed by atoms with Crippen molar-refractivity contribution in [2.75, 3.05) is 33.2 Å². The molecule has 0 amide bonds. The van der Waals surface area contributed by atoms with Gasteiger partial charge in [-0.05, 0) is 36.4 Å². The molecule has 180 valence electrons. The van der Waals surface area contributed by atoms with Gasteiger partial charge in [-0.1, -0.05) is 0 Å². The summed E-state index contributed by atoms with van der Waals surface area (Å²) in [5.41, 5.74) is 15.6. The van der Waals surface area contributed by atoms with E-state index in [2.05, 4.69) is 46.5 Å². The number of hydrogen-bond acceptors (Lipinski definition) is 15. The number of rotatable bonds is 6. The molecule has 3 aromatic heterocycles. The smallest absolute Gasteiger partial charge is 0.203 e. The highest BCUT2D eigenvalue weighted by Gasteiger charge is 2.38. The van der Waals surface area contributed by atoms with Crippen LogP contribution in [0.5, 0.6) is 0 Å². The Bertz CT molecular complexity index is 1210. The van der Waals surface area contributed by atoms with E-state index in [9.17, 15) is 14.4 Å². The van der Waals surface area contributed by atoms with Gasteiger partial charge in [-0.15, -0.1) is 30.6 Å². The lowest BCUT2D eigenvalue weighted by Gasteiger charge is -2.18. The van der Waals surface area contributed by atoms with Gasteiger partial charge in [0.05, 0.1) is 16.7 Å². The van der Waals surface area contributed by atoms with Gasteiger partial charge in [0.2, 0.25) is 17.3 Å². The van der Waals surface area contributed by atoms with E-state index in [-0.39, 0.29) is 51.6 Å². The molecule has 0 radical (unpaired) electrons. The molecule has 4 rings (SSSR count). The predicted octanol–water partition coefficient (Wildman–Crippen LogP) is -0.188. The third-order valence-corrected chi connectivity index (χ3v) is 4.62. The van der Waals surface area contributed by atoms with Crippen molar-refractivity contribution in [2.45, 2.75) is 0 Å². The Morgan fingerprint density at radius 2 is 0.750 bits per heavy atom. The molecule has 1 fully saturated rings. The van der Waals surface area contributed by atoms with Crippen molar-refractivity contribution in [3.63, 3.8) is 0 Å². The van der Waals surface area contributed by atoms with Crippen molar-refractivity contribution in [3.8, 4) is 0 Å². The maximum atomic E-state index is 13.1. The summed E-state index contributed by atoms with van der Waals surface area (Å²) in [6.45, 7) is 0. The van der Waals surface area contributed by atoms with Crippen LogP contribution in [0.4, 0.5) is 34.9 Å². The first-order valence-corrected chi connectivity index (χ1v) is 10.1. The number of anilines is 6. The van der Waals surface area contributed by atoms with E-state index < -0.39 is 17.3 Å². The van der Waals surface area contributed by atoms with Crippen LogP contribution < -0.4 is 33.2 Å². The summed E-state index contributed by atoms with van der Waals surface area (Å²) in [6.07, 6.45) is 3.39. The molecule has 1 aliphatic carbocycles. The Balaban J connectivity index is 1.68. The maximum absolute atomic E-state index is 13.1. The average molecular weight is 486 g/mol. The minimum absolute atomic E-state index is 0.188. The number of nitrogens with one attached hydrogen (secondary N) is 3. The number of allylic oxidation sites excluding steroid dienone is 3. The molecule has 15 heteroatoms. The zero-order chi connectivity index (χ0) is 25.7. The molecule has 0 saturated heterocycles. The summed E-state index contributed by atoms with van der Waals surface area (Å²) < 4.78 is 0. The van der Waals surface area contributed by atoms with E-state index in [1.165, 1.54) is 36.4 Å². The van der Waals surface area contributed by atoms with Crippen LogP contribution in [0, 0.1) is 0 Å². The summed E-state index contributed by atoms with van der Waals surface area (Å²) in [6, 6.07) is 8.94. The number of aromatic nitrogens is 6. The lowest BCUT2D eigenvalue weighted by atomic mass is 9.84. The third-order valence-electron chi connectivity index (χ3n) is 4.62. The van der Waals surface area contributed by atoms with Gasteiger partial charge in [-0.2, -0.15) is 0 Å². The Kier molecular flexibility index (Phi) is 6.53. The molecule has 3 aromatic rings. The lowest BCUT2D eigenvalue weighted by Crippen LogP contribution is -2.33. The van der Waals surface area contributed by atoms with E-state index in [4.69, 9.17) is 17.2 Å². The molecule has 15 nitrogen and oxygen atoms in total. The van der Waals surface area contributed by atoms with Gasteiger partial charge in [0.25, 0.3) is 0 Å². The van der Waals surface area contributed by atoms with Crippen LogP contribution >= 0.6 is 0 Å². The molecule has 0 bridgehead atoms. The molecular formula is C21H18N12O3. The van der Waals surface area contributed by atoms with Crippen molar-refractivity contribution in [3.05, 3.63) is 71.7 Å². The molecule has 1 aliphatic rings. The maximum Gasteiger partial charge on any atom is 0.203 e. The summed E-state index contributed by atoms with van der Waals surface area (Å²) >= 11 is 0. The minimum Gasteiger partial charge on any atom is -0.382 e. The first-order chi connectivity index (χ1) is 17.3. The van der Waals surface area contributed by atoms with Gasteiger partial charge in [-0.3, -0.25) is 14.4 Å². The zero-order valence-electron chi connectivity index (χ0n) is 18.3. The molecule has 0 atom stereocenters. The SMILES string of the molecule is Nc1ccc(NC=C2C(=O)C(=CNc3ccc(N)nn3)C(=O)C(=CNc3ccc(N)nn3)C2=O)nn1. The fraction of sp³-hybridized carbons (Fsp3) is 0. The number of carbonyl (C=O) groups is 3. The summed E-state index contributed by atoms with van der Waals surface area (Å²) in [5.74, 6) is -1.28. The standard InChI is InChI=1S/C21H18N12O3/c22-13-1-4-16(31-28-13)25-7-10-19(34)11(8-26-17-5-2-14(23)29-32-17)21(36)12(20(10)35)9-27-18-6-3-15(24)30-33-18/h1-9H,(H2,22,28)(H2,23,29)(H2,24,30)(H,25,31)(H,26,32)(H,27,33). The van der Waals surface area contributed by atoms with E-state index in [0.717, 1.165) is 18.6 Å². The van der Waals surface area contributed by atoms with Crippen LogP contribution in [0.1, 0.15) is 0 Å². The van der Waals surface area contributed by atoms with Crippen LogP contribution in [-0.2, 0) is 14.4 Å². The summed E-state index contributed by atoms with van der Waals surface area (Å²) in [5, 5.41) is 30.6. The summed E-state index contributed by atoms with van der Waals surface area (Å²) in [4.78, 5) is 39.3. The van der Waals surface area contributed by atoms with Gasteiger partial charge < -0.3 is 33.2 Å². The third kappa shape index (κ3) is 5.25. The Morgan fingerprint density at radius 1 is 0.472 bits per heavy atom. The number of hydrogen-bond donors (Lipinski definition) is 6. The highest BCUT2D eigenvalue weighted by atomic mass is 16.2. The molecule has 1 saturated carbocycles. The first-order valence-electron chi connectivity index (χ1n) is 10.1. The fourth-order valence-electron chi connectivity index (χ4n) is 2.83. The van der Waals surface area contributed by atoms with Crippen LogP contribution in [0.25, 0.3) is 0 Å². The Morgan fingerprint density at radius 3 is 0.972 bits per heavy atom. The van der Waals surface area contributed by atoms with Crippen LogP contribution in [0.2, 0.25) is 0 Å². The van der Waals surface area contributed by atoms with E-state index in [0.29, 0.717) is 0 Å². The molecule has 36 heavy (non-hydrogen) atoms. The number of carbonyl (C=O) groups excluding carboxylic acids is 3. The second kappa shape index (κ2) is 10.0. The zero-order valence-corrected chi connectivity index (χ0v) is 18.3. The number of Topliss-reactive ketones (excluding diaryl/α,β-unsaturated/α-hetero) is 3. The van der Waals surface area contributed by atoms with E-state index in [1.807, 2.05) is 0 Å². The minimum atomic E-state index is -0.832. The van der Waals surface area contributed by atoms with Crippen molar-refractivity contribution in [1.82, 2.24) is 30.6 Å². The van der Waals surface area contributed by atoms with Gasteiger partial charge in [-0.25, -0.2) is 0 Å². The molecular weight excluding hydrogens is 468 g/mol. The molecule has 9 N–H and O–H groups in total. The number of nitrogens with two attached hydrogens (primary N) is 3. The van der Waals surface area contributed by atoms with Crippen molar-refractivity contribution in [1.29, 1.82) is 0 Å². The predicted molar refractivity (Wildman–Crippen MR) is 129 cm³/mol. The summed E-state index contributed by atoms with van der Waals surface area (Å²) in [7, 11) is 0. The average Bonchev–Trinajstić information content (AvgIpc) is 2.87. The largest absolute Gasteiger partial charge is 0.382 e. The van der Waals surface area contributed by atoms with Crippen LogP contribution in [-0.4, -0.2) is 47.9 Å². The number of nitrogen functional groups attached to an aromatic ring is 3. The topological polar surface area (TPSA) is 243 Å². The quantitative estimate of drug-likeness (QED) is 0.195. The van der Waals surface area contributed by atoms with E-state index in [1.54, 1.807) is 0 Å². The molecule has 0 spiro atoms. The highest BCUT2D eigenvalue weighted by Crippen LogP contribution is 2.24. The van der Waals surface area contributed by atoms with Crippen LogP contribution in [0.15, 0.2) is 71.7 Å². The lowest BCUT2D eigenvalue weighted by molar-refractivity contribution is -0.124. The van der Waals surface area contributed by atoms with Gasteiger partial charge in [0, 0.05) is 18.6 Å². The Hall–Kier alpha value is -5.73. The molecule has 0 aliphatic heterocycles. The monoisotopic (exact) mass is 486 g/mol. The first kappa shape index (κ1) is 23.4.